The Balaban J connectivity index is 2.05. The van der Waals surface area contributed by atoms with Gasteiger partial charge in [-0.15, -0.1) is 16.4 Å². The molecular formula is C14H12Br2N4S. The molecule has 108 valence electrons. The average molecular weight is 428 g/mol. The minimum absolute atomic E-state index is 0.0350. The Morgan fingerprint density at radius 3 is 2.62 bits per heavy atom. The van der Waals surface area contributed by atoms with E-state index in [9.17, 15) is 0 Å². The second kappa shape index (κ2) is 6.39. The zero-order valence-electron chi connectivity index (χ0n) is 11.1. The second-order valence-electron chi connectivity index (χ2n) is 4.40. The number of nitrogens with one attached hydrogen (secondary N) is 1. The molecule has 21 heavy (non-hydrogen) atoms. The summed E-state index contributed by atoms with van der Waals surface area (Å²) < 4.78 is 4.00. The van der Waals surface area contributed by atoms with Crippen LogP contribution in [0.25, 0.3) is 5.69 Å². The van der Waals surface area contributed by atoms with Crippen LogP contribution in [0.1, 0.15) is 16.6 Å². The lowest BCUT2D eigenvalue weighted by molar-refractivity contribution is 0.642. The normalized spacial score (nSPS) is 12.5. The van der Waals surface area contributed by atoms with Crippen LogP contribution in [0.5, 0.6) is 0 Å². The SMILES string of the molecule is CNC(c1cc(Br)c(Br)s1)c1cnnn1-c1ccccc1. The van der Waals surface area contributed by atoms with Crippen molar-refractivity contribution in [3.8, 4) is 5.69 Å². The van der Waals surface area contributed by atoms with E-state index in [1.807, 2.05) is 42.1 Å². The Hall–Kier alpha value is -1.02. The molecular weight excluding hydrogens is 416 g/mol. The lowest BCUT2D eigenvalue weighted by atomic mass is 10.2. The van der Waals surface area contributed by atoms with Crippen LogP contribution in [0.15, 0.2) is 50.9 Å². The first-order valence-electron chi connectivity index (χ1n) is 6.28. The first kappa shape index (κ1) is 14.9. The topological polar surface area (TPSA) is 42.7 Å². The minimum Gasteiger partial charge on any atom is -0.307 e. The fraction of sp³-hybridized carbons (Fsp3) is 0.143. The summed E-state index contributed by atoms with van der Waals surface area (Å²) in [5.41, 5.74) is 2.00. The summed E-state index contributed by atoms with van der Waals surface area (Å²) in [6.07, 6.45) is 1.80. The maximum atomic E-state index is 4.22. The summed E-state index contributed by atoms with van der Waals surface area (Å²) in [5.74, 6) is 0. The van der Waals surface area contributed by atoms with Gasteiger partial charge in [-0.05, 0) is 57.1 Å². The highest BCUT2D eigenvalue weighted by Gasteiger charge is 2.21. The summed E-state index contributed by atoms with van der Waals surface area (Å²) in [6.45, 7) is 0. The lowest BCUT2D eigenvalue weighted by Gasteiger charge is -2.15. The highest BCUT2D eigenvalue weighted by molar-refractivity contribution is 9.13. The maximum Gasteiger partial charge on any atom is 0.0868 e. The Kier molecular flexibility index (Phi) is 4.54. The van der Waals surface area contributed by atoms with Crippen molar-refractivity contribution >= 4 is 43.2 Å². The standard InChI is InChI=1S/C14H12Br2N4S/c1-17-13(12-7-10(15)14(16)21-12)11-8-18-19-20(11)9-5-3-2-4-6-9/h2-8,13,17H,1H3. The molecule has 4 nitrogen and oxygen atoms in total. The third kappa shape index (κ3) is 2.96. The van der Waals surface area contributed by atoms with E-state index in [1.54, 1.807) is 17.5 Å². The van der Waals surface area contributed by atoms with Crippen LogP contribution in [-0.4, -0.2) is 22.0 Å². The predicted octanol–water partition coefficient (Wildman–Crippen LogP) is 4.16. The first-order chi connectivity index (χ1) is 10.2. The van der Waals surface area contributed by atoms with Crippen molar-refractivity contribution in [1.29, 1.82) is 0 Å². The summed E-state index contributed by atoms with van der Waals surface area (Å²) >= 11 is 8.77. The van der Waals surface area contributed by atoms with Gasteiger partial charge in [0.05, 0.1) is 27.4 Å². The number of para-hydroxylation sites is 1. The first-order valence-corrected chi connectivity index (χ1v) is 8.69. The number of hydrogen-bond acceptors (Lipinski definition) is 4. The Labute approximate surface area is 143 Å². The minimum atomic E-state index is 0.0350. The van der Waals surface area contributed by atoms with Crippen molar-refractivity contribution in [1.82, 2.24) is 20.3 Å². The van der Waals surface area contributed by atoms with Gasteiger partial charge in [0.15, 0.2) is 0 Å². The van der Waals surface area contributed by atoms with Crippen LogP contribution in [0.2, 0.25) is 0 Å². The Bertz CT molecular complexity index is 719. The fourth-order valence-corrected chi connectivity index (χ4v) is 4.36. The van der Waals surface area contributed by atoms with Gasteiger partial charge in [0, 0.05) is 9.35 Å². The average Bonchev–Trinajstić information content (AvgIpc) is 3.09. The zero-order valence-corrected chi connectivity index (χ0v) is 15.1. The van der Waals surface area contributed by atoms with E-state index in [4.69, 9.17) is 0 Å². The smallest absolute Gasteiger partial charge is 0.0868 e. The lowest BCUT2D eigenvalue weighted by Crippen LogP contribution is -2.20. The van der Waals surface area contributed by atoms with Gasteiger partial charge in [-0.2, -0.15) is 0 Å². The summed E-state index contributed by atoms with van der Waals surface area (Å²) in [6, 6.07) is 12.2. The summed E-state index contributed by atoms with van der Waals surface area (Å²) in [4.78, 5) is 1.19. The van der Waals surface area contributed by atoms with Gasteiger partial charge in [0.2, 0.25) is 0 Å². The Morgan fingerprint density at radius 1 is 1.24 bits per heavy atom. The molecule has 1 unspecified atom stereocenters. The molecule has 7 heteroatoms. The van der Waals surface area contributed by atoms with Gasteiger partial charge >= 0.3 is 0 Å². The molecule has 0 spiro atoms. The predicted molar refractivity (Wildman–Crippen MR) is 92.0 cm³/mol. The molecule has 0 saturated heterocycles. The van der Waals surface area contributed by atoms with E-state index in [0.717, 1.165) is 19.6 Å². The molecule has 0 fully saturated rings. The number of benzene rings is 1. The number of aromatic nitrogens is 3. The molecule has 2 aromatic heterocycles. The van der Waals surface area contributed by atoms with Crippen LogP contribution < -0.4 is 5.32 Å². The van der Waals surface area contributed by atoms with Gasteiger partial charge < -0.3 is 5.32 Å². The largest absolute Gasteiger partial charge is 0.307 e. The van der Waals surface area contributed by atoms with E-state index in [1.165, 1.54) is 4.88 Å². The van der Waals surface area contributed by atoms with Crippen LogP contribution in [0, 0.1) is 0 Å². The van der Waals surface area contributed by atoms with Crippen molar-refractivity contribution in [2.24, 2.45) is 0 Å². The van der Waals surface area contributed by atoms with Gasteiger partial charge in [-0.25, -0.2) is 4.68 Å². The van der Waals surface area contributed by atoms with Crippen molar-refractivity contribution in [3.63, 3.8) is 0 Å². The van der Waals surface area contributed by atoms with Crippen molar-refractivity contribution in [2.45, 2.75) is 6.04 Å². The number of nitrogens with zero attached hydrogens (tertiary/aromatic N) is 3. The third-order valence-corrected chi connectivity index (χ3v) is 6.43. The molecule has 0 aliphatic heterocycles. The molecule has 3 aromatic rings. The molecule has 1 aromatic carbocycles. The van der Waals surface area contributed by atoms with E-state index in [0.29, 0.717) is 0 Å². The molecule has 1 N–H and O–H groups in total. The van der Waals surface area contributed by atoms with Crippen molar-refractivity contribution < 1.29 is 0 Å². The van der Waals surface area contributed by atoms with E-state index >= 15 is 0 Å². The number of hydrogen-bond donors (Lipinski definition) is 1. The van der Waals surface area contributed by atoms with Crippen LogP contribution in [-0.2, 0) is 0 Å². The maximum absolute atomic E-state index is 4.22. The van der Waals surface area contributed by atoms with Gasteiger partial charge in [0.25, 0.3) is 0 Å². The number of thiophene rings is 1. The van der Waals surface area contributed by atoms with E-state index in [-0.39, 0.29) is 6.04 Å². The van der Waals surface area contributed by atoms with Crippen LogP contribution in [0.3, 0.4) is 0 Å². The van der Waals surface area contributed by atoms with Gasteiger partial charge in [-0.1, -0.05) is 23.4 Å². The molecule has 0 bridgehead atoms. The number of rotatable bonds is 4. The van der Waals surface area contributed by atoms with E-state index < -0.39 is 0 Å². The number of halogens is 2. The molecule has 0 amide bonds. The highest BCUT2D eigenvalue weighted by atomic mass is 79.9. The fourth-order valence-electron chi connectivity index (χ4n) is 2.15. The Morgan fingerprint density at radius 2 is 2.00 bits per heavy atom. The zero-order chi connectivity index (χ0) is 14.8. The van der Waals surface area contributed by atoms with Gasteiger partial charge in [0.1, 0.15) is 0 Å². The molecule has 3 rings (SSSR count). The van der Waals surface area contributed by atoms with Crippen LogP contribution >= 0.6 is 43.2 Å². The highest BCUT2D eigenvalue weighted by Crippen LogP contribution is 2.37. The molecule has 0 saturated carbocycles. The molecule has 0 radical (unpaired) electrons. The van der Waals surface area contributed by atoms with Gasteiger partial charge in [-0.3, -0.25) is 0 Å². The quantitative estimate of drug-likeness (QED) is 0.679. The van der Waals surface area contributed by atoms with Crippen molar-refractivity contribution in [3.05, 3.63) is 61.4 Å². The van der Waals surface area contributed by atoms with Crippen molar-refractivity contribution in [2.75, 3.05) is 7.05 Å². The molecule has 0 aliphatic carbocycles. The second-order valence-corrected chi connectivity index (χ2v) is 7.65. The monoisotopic (exact) mass is 426 g/mol. The summed E-state index contributed by atoms with van der Waals surface area (Å²) in [5, 5.41) is 11.6. The van der Waals surface area contributed by atoms with E-state index in [2.05, 4.69) is 53.6 Å². The molecule has 0 aliphatic rings. The third-order valence-electron chi connectivity index (χ3n) is 3.11. The summed E-state index contributed by atoms with van der Waals surface area (Å²) in [7, 11) is 1.94. The van der Waals surface area contributed by atoms with Crippen LogP contribution in [0.4, 0.5) is 0 Å². The molecule has 1 atom stereocenters. The molecule has 2 heterocycles.